The first-order valence-electron chi connectivity index (χ1n) is 9.01. The van der Waals surface area contributed by atoms with E-state index in [-0.39, 0.29) is 11.6 Å². The van der Waals surface area contributed by atoms with Crippen molar-refractivity contribution in [2.75, 3.05) is 0 Å². The summed E-state index contributed by atoms with van der Waals surface area (Å²) in [5.41, 5.74) is 4.62. The first-order valence-corrected chi connectivity index (χ1v) is 9.01. The average molecular weight is 348 g/mol. The summed E-state index contributed by atoms with van der Waals surface area (Å²) in [6.45, 7) is 7.81. The zero-order chi connectivity index (χ0) is 19.4. The Morgan fingerprint density at radius 1 is 0.692 bits per heavy atom. The van der Waals surface area contributed by atoms with Gasteiger partial charge in [0.15, 0.2) is 11.6 Å². The van der Waals surface area contributed by atoms with E-state index >= 15 is 0 Å². The highest BCUT2D eigenvalue weighted by Crippen LogP contribution is 2.09. The number of rotatable bonds is 6. The maximum Gasteiger partial charge on any atom is 0.155 e. The summed E-state index contributed by atoms with van der Waals surface area (Å²) in [6, 6.07) is 16.0. The van der Waals surface area contributed by atoms with E-state index in [0.29, 0.717) is 12.8 Å². The summed E-state index contributed by atoms with van der Waals surface area (Å²) in [5, 5.41) is 0. The first kappa shape index (κ1) is 21.3. The number of ketones is 2. The minimum atomic E-state index is 0.170. The first-order chi connectivity index (χ1) is 12.5. The van der Waals surface area contributed by atoms with Gasteiger partial charge in [0, 0.05) is 12.8 Å². The number of benzene rings is 2. The lowest BCUT2D eigenvalue weighted by atomic mass is 10.1. The van der Waals surface area contributed by atoms with Crippen molar-refractivity contribution in [2.24, 2.45) is 0 Å². The molecule has 0 saturated carbocycles. The second-order valence-electron chi connectivity index (χ2n) is 6.02. The lowest BCUT2D eigenvalue weighted by molar-refractivity contribution is -0.115. The minimum absolute atomic E-state index is 0.170. The van der Waals surface area contributed by atoms with Crippen molar-refractivity contribution in [2.45, 2.75) is 40.5 Å². The zero-order valence-corrected chi connectivity index (χ0v) is 16.2. The maximum absolute atomic E-state index is 11.0. The van der Waals surface area contributed by atoms with Gasteiger partial charge in [-0.2, -0.15) is 0 Å². The topological polar surface area (TPSA) is 34.1 Å². The number of allylic oxidation sites excluding steroid dienone is 2. The summed E-state index contributed by atoms with van der Waals surface area (Å²) in [6.07, 6.45) is 8.18. The quantitative estimate of drug-likeness (QED) is 0.602. The van der Waals surface area contributed by atoms with Gasteiger partial charge in [-0.25, -0.2) is 0 Å². The molecule has 0 radical (unpaired) electrons. The molecular weight excluding hydrogens is 320 g/mol. The van der Waals surface area contributed by atoms with E-state index in [9.17, 15) is 9.59 Å². The average Bonchev–Trinajstić information content (AvgIpc) is 2.66. The van der Waals surface area contributed by atoms with E-state index in [4.69, 9.17) is 0 Å². The normalized spacial score (nSPS) is 10.6. The molecule has 0 spiro atoms. The van der Waals surface area contributed by atoms with Gasteiger partial charge in [-0.15, -0.1) is 0 Å². The van der Waals surface area contributed by atoms with Gasteiger partial charge in [-0.3, -0.25) is 9.59 Å². The molecule has 26 heavy (non-hydrogen) atoms. The highest BCUT2D eigenvalue weighted by molar-refractivity contribution is 5.93. The largest absolute Gasteiger partial charge is 0.295 e. The third kappa shape index (κ3) is 7.89. The van der Waals surface area contributed by atoms with Crippen LogP contribution in [0.25, 0.3) is 12.2 Å². The van der Waals surface area contributed by atoms with Gasteiger partial charge in [-0.1, -0.05) is 74.5 Å². The van der Waals surface area contributed by atoms with E-state index in [1.165, 1.54) is 11.1 Å². The van der Waals surface area contributed by atoms with Crippen LogP contribution in [0.4, 0.5) is 0 Å². The summed E-state index contributed by atoms with van der Waals surface area (Å²) in [5.74, 6) is 0.339. The number of hydrogen-bond donors (Lipinski definition) is 0. The molecule has 2 nitrogen and oxygen atoms in total. The van der Waals surface area contributed by atoms with Crippen LogP contribution in [-0.2, 0) is 9.59 Å². The molecule has 0 fully saturated rings. The highest BCUT2D eigenvalue weighted by atomic mass is 16.1. The Labute approximate surface area is 157 Å². The molecule has 0 aromatic heterocycles. The molecule has 0 N–H and O–H groups in total. The fraction of sp³-hybridized carbons (Fsp3) is 0.250. The fourth-order valence-corrected chi connectivity index (χ4v) is 2.15. The molecule has 136 valence electrons. The summed E-state index contributed by atoms with van der Waals surface area (Å²) < 4.78 is 0. The Kier molecular flexibility index (Phi) is 9.63. The molecule has 0 heterocycles. The predicted octanol–water partition coefficient (Wildman–Crippen LogP) is 5.97. The van der Waals surface area contributed by atoms with Crippen molar-refractivity contribution in [1.29, 1.82) is 0 Å². The molecule has 2 heteroatoms. The Morgan fingerprint density at radius 3 is 1.35 bits per heavy atom. The van der Waals surface area contributed by atoms with Crippen LogP contribution >= 0.6 is 0 Å². The molecule has 0 atom stereocenters. The summed E-state index contributed by atoms with van der Waals surface area (Å²) in [4.78, 5) is 22.0. The van der Waals surface area contributed by atoms with E-state index in [2.05, 4.69) is 0 Å². The van der Waals surface area contributed by atoms with Crippen LogP contribution < -0.4 is 0 Å². The molecule has 0 aliphatic carbocycles. The minimum Gasteiger partial charge on any atom is -0.295 e. The molecule has 2 rings (SSSR count). The molecule has 0 aliphatic heterocycles. The van der Waals surface area contributed by atoms with Crippen molar-refractivity contribution in [3.63, 3.8) is 0 Å². The Morgan fingerprint density at radius 2 is 1.04 bits per heavy atom. The van der Waals surface area contributed by atoms with Gasteiger partial charge in [-0.05, 0) is 48.3 Å². The van der Waals surface area contributed by atoms with Gasteiger partial charge in [0.1, 0.15) is 0 Å². The van der Waals surface area contributed by atoms with Crippen molar-refractivity contribution in [3.8, 4) is 0 Å². The fourth-order valence-electron chi connectivity index (χ4n) is 2.15. The molecular formula is C24H28O2. The van der Waals surface area contributed by atoms with Gasteiger partial charge in [0.2, 0.25) is 0 Å². The third-order valence-corrected chi connectivity index (χ3v) is 3.97. The van der Waals surface area contributed by atoms with E-state index in [0.717, 1.165) is 11.1 Å². The number of carbonyl (C=O) groups excluding carboxylic acids is 2. The molecule has 0 saturated heterocycles. The number of hydrogen-bond acceptors (Lipinski definition) is 2. The van der Waals surface area contributed by atoms with E-state index in [1.807, 2.05) is 88.4 Å². The Balaban J connectivity index is 0.000000260. The van der Waals surface area contributed by atoms with Crippen LogP contribution in [-0.4, -0.2) is 11.6 Å². The van der Waals surface area contributed by atoms with Gasteiger partial charge in [0.05, 0.1) is 0 Å². The van der Waals surface area contributed by atoms with Crippen LogP contribution in [0.3, 0.4) is 0 Å². The van der Waals surface area contributed by atoms with E-state index < -0.39 is 0 Å². The smallest absolute Gasteiger partial charge is 0.155 e. The van der Waals surface area contributed by atoms with Gasteiger partial charge >= 0.3 is 0 Å². The zero-order valence-electron chi connectivity index (χ0n) is 16.2. The maximum atomic E-state index is 11.0. The SMILES string of the molecule is CCC(=O)/C=C/c1ccccc1C.CCC(=O)/C=C/c1ccccc1C. The van der Waals surface area contributed by atoms with E-state index in [1.54, 1.807) is 12.2 Å². The van der Waals surface area contributed by atoms with Crippen LogP contribution in [0.2, 0.25) is 0 Å². The van der Waals surface area contributed by atoms with Crippen molar-refractivity contribution >= 4 is 23.7 Å². The Hall–Kier alpha value is -2.74. The summed E-state index contributed by atoms with van der Waals surface area (Å²) in [7, 11) is 0. The lowest BCUT2D eigenvalue weighted by Gasteiger charge is -1.97. The van der Waals surface area contributed by atoms with Crippen molar-refractivity contribution in [1.82, 2.24) is 0 Å². The standard InChI is InChI=1S/2C12H14O/c2*1-3-12(13)9-8-11-7-5-4-6-10(11)2/h2*4-9H,3H2,1-2H3/b2*9-8+. The molecule has 0 bridgehead atoms. The number of carbonyl (C=O) groups is 2. The predicted molar refractivity (Wildman–Crippen MR) is 111 cm³/mol. The van der Waals surface area contributed by atoms with Crippen LogP contribution in [0.15, 0.2) is 60.7 Å². The number of aryl methyl sites for hydroxylation is 2. The second-order valence-corrected chi connectivity index (χ2v) is 6.02. The Bertz CT molecular complexity index is 715. The summed E-state index contributed by atoms with van der Waals surface area (Å²) >= 11 is 0. The monoisotopic (exact) mass is 348 g/mol. The molecule has 2 aromatic rings. The molecule has 0 unspecified atom stereocenters. The highest BCUT2D eigenvalue weighted by Gasteiger charge is 1.94. The van der Waals surface area contributed by atoms with Crippen molar-refractivity contribution in [3.05, 3.63) is 82.9 Å². The third-order valence-electron chi connectivity index (χ3n) is 3.97. The van der Waals surface area contributed by atoms with Gasteiger partial charge < -0.3 is 0 Å². The molecule has 0 amide bonds. The van der Waals surface area contributed by atoms with Gasteiger partial charge in [0.25, 0.3) is 0 Å². The van der Waals surface area contributed by atoms with Crippen LogP contribution in [0.1, 0.15) is 48.9 Å². The molecule has 2 aromatic carbocycles. The second kappa shape index (κ2) is 11.8. The van der Waals surface area contributed by atoms with Crippen LogP contribution in [0.5, 0.6) is 0 Å². The lowest BCUT2D eigenvalue weighted by Crippen LogP contribution is -1.87. The van der Waals surface area contributed by atoms with Crippen LogP contribution in [0, 0.1) is 13.8 Å². The molecule has 0 aliphatic rings. The van der Waals surface area contributed by atoms with Crippen molar-refractivity contribution < 1.29 is 9.59 Å².